The lowest BCUT2D eigenvalue weighted by Crippen LogP contribution is -2.41. The fraction of sp³-hybridized carbons (Fsp3) is 0.471. The largest absolute Gasteiger partial charge is 0.381 e. The van der Waals surface area contributed by atoms with Crippen LogP contribution >= 0.6 is 24.0 Å². The second-order valence-corrected chi connectivity index (χ2v) is 6.02. The first-order valence-corrected chi connectivity index (χ1v) is 8.19. The Morgan fingerprint density at radius 3 is 3.04 bits per heavy atom. The molecule has 0 aliphatic carbocycles. The normalized spacial score (nSPS) is 17.2. The smallest absolute Gasteiger partial charge is 0.193 e. The van der Waals surface area contributed by atoms with Gasteiger partial charge < -0.3 is 15.0 Å². The molecule has 7 nitrogen and oxygen atoms in total. The van der Waals surface area contributed by atoms with Gasteiger partial charge in [-0.15, -0.1) is 24.0 Å². The van der Waals surface area contributed by atoms with E-state index >= 15 is 0 Å². The molecule has 0 amide bonds. The van der Waals surface area contributed by atoms with Crippen molar-refractivity contribution in [3.8, 4) is 5.69 Å². The SMILES string of the molecule is CN=C(NCc1cccc(-n2cncn2)c1)N(C)CC1CCOC1.I. The van der Waals surface area contributed by atoms with Crippen molar-refractivity contribution >= 4 is 29.9 Å². The number of nitrogens with one attached hydrogen (secondary N) is 1. The van der Waals surface area contributed by atoms with Crippen LogP contribution in [0.3, 0.4) is 0 Å². The van der Waals surface area contributed by atoms with Crippen molar-refractivity contribution in [3.63, 3.8) is 0 Å². The molecule has 136 valence electrons. The minimum absolute atomic E-state index is 0. The van der Waals surface area contributed by atoms with Gasteiger partial charge in [-0.25, -0.2) is 9.67 Å². The number of hydrogen-bond acceptors (Lipinski definition) is 4. The summed E-state index contributed by atoms with van der Waals surface area (Å²) in [4.78, 5) is 10.5. The van der Waals surface area contributed by atoms with E-state index in [-0.39, 0.29) is 24.0 Å². The van der Waals surface area contributed by atoms with Gasteiger partial charge in [0.2, 0.25) is 0 Å². The molecule has 1 N–H and O–H groups in total. The summed E-state index contributed by atoms with van der Waals surface area (Å²) in [5.74, 6) is 1.48. The molecule has 1 aliphatic rings. The van der Waals surface area contributed by atoms with Crippen molar-refractivity contribution in [2.24, 2.45) is 10.9 Å². The van der Waals surface area contributed by atoms with Crippen molar-refractivity contribution in [2.45, 2.75) is 13.0 Å². The number of ether oxygens (including phenoxy) is 1. The summed E-state index contributed by atoms with van der Waals surface area (Å²) in [6.07, 6.45) is 4.36. The monoisotopic (exact) mass is 456 g/mol. The third kappa shape index (κ3) is 5.40. The molecule has 1 aliphatic heterocycles. The summed E-state index contributed by atoms with van der Waals surface area (Å²) in [6, 6.07) is 8.22. The lowest BCUT2D eigenvalue weighted by molar-refractivity contribution is 0.181. The summed E-state index contributed by atoms with van der Waals surface area (Å²) < 4.78 is 7.20. The van der Waals surface area contributed by atoms with Crippen molar-refractivity contribution in [1.29, 1.82) is 0 Å². The van der Waals surface area contributed by atoms with Gasteiger partial charge in [-0.05, 0) is 24.1 Å². The van der Waals surface area contributed by atoms with E-state index in [1.54, 1.807) is 11.0 Å². The third-order valence-electron chi connectivity index (χ3n) is 4.17. The van der Waals surface area contributed by atoms with E-state index in [1.807, 2.05) is 19.2 Å². The number of nitrogens with zero attached hydrogens (tertiary/aromatic N) is 5. The molecule has 0 radical (unpaired) electrons. The molecule has 8 heteroatoms. The molecule has 1 atom stereocenters. The van der Waals surface area contributed by atoms with E-state index in [4.69, 9.17) is 4.74 Å². The van der Waals surface area contributed by atoms with Crippen LogP contribution in [0.4, 0.5) is 0 Å². The molecule has 1 aromatic carbocycles. The number of benzene rings is 1. The number of aromatic nitrogens is 3. The van der Waals surface area contributed by atoms with E-state index in [0.717, 1.165) is 37.8 Å². The predicted octanol–water partition coefficient (Wildman–Crippen LogP) is 1.93. The summed E-state index contributed by atoms with van der Waals surface area (Å²) >= 11 is 0. The van der Waals surface area contributed by atoms with Crippen LogP contribution in [0.1, 0.15) is 12.0 Å². The van der Waals surface area contributed by atoms with Crippen LogP contribution in [-0.2, 0) is 11.3 Å². The molecule has 0 saturated carbocycles. The van der Waals surface area contributed by atoms with Crippen LogP contribution in [0, 0.1) is 5.92 Å². The number of aliphatic imine (C=N–C) groups is 1. The summed E-state index contributed by atoms with van der Waals surface area (Å²) in [5.41, 5.74) is 2.17. The van der Waals surface area contributed by atoms with Crippen molar-refractivity contribution in [3.05, 3.63) is 42.5 Å². The summed E-state index contributed by atoms with van der Waals surface area (Å²) in [5, 5.41) is 7.59. The van der Waals surface area contributed by atoms with E-state index in [9.17, 15) is 0 Å². The lowest BCUT2D eigenvalue weighted by atomic mass is 10.1. The van der Waals surface area contributed by atoms with Gasteiger partial charge in [0.15, 0.2) is 5.96 Å². The summed E-state index contributed by atoms with van der Waals surface area (Å²) in [7, 11) is 3.88. The van der Waals surface area contributed by atoms with Crippen LogP contribution in [-0.4, -0.2) is 59.5 Å². The first-order valence-electron chi connectivity index (χ1n) is 8.19. The van der Waals surface area contributed by atoms with E-state index in [1.165, 1.54) is 11.9 Å². The Kier molecular flexibility index (Phi) is 7.63. The Bertz CT molecular complexity index is 670. The highest BCUT2D eigenvalue weighted by Crippen LogP contribution is 2.13. The maximum atomic E-state index is 5.45. The van der Waals surface area contributed by atoms with Gasteiger partial charge in [-0.3, -0.25) is 4.99 Å². The Labute approximate surface area is 165 Å². The van der Waals surface area contributed by atoms with Crippen LogP contribution < -0.4 is 5.32 Å². The van der Waals surface area contributed by atoms with Crippen LogP contribution in [0.2, 0.25) is 0 Å². The van der Waals surface area contributed by atoms with Gasteiger partial charge in [0.05, 0.1) is 12.3 Å². The number of guanidine groups is 1. The molecule has 2 aromatic rings. The number of halogens is 1. The first kappa shape index (κ1) is 19.6. The molecular weight excluding hydrogens is 431 g/mol. The quantitative estimate of drug-likeness (QED) is 0.423. The zero-order chi connectivity index (χ0) is 16.8. The average molecular weight is 456 g/mol. The topological polar surface area (TPSA) is 67.6 Å². The zero-order valence-electron chi connectivity index (χ0n) is 14.6. The second-order valence-electron chi connectivity index (χ2n) is 6.02. The third-order valence-corrected chi connectivity index (χ3v) is 4.17. The van der Waals surface area contributed by atoms with Crippen molar-refractivity contribution in [2.75, 3.05) is 33.9 Å². The Morgan fingerprint density at radius 2 is 2.36 bits per heavy atom. The highest BCUT2D eigenvalue weighted by Gasteiger charge is 2.18. The van der Waals surface area contributed by atoms with Gasteiger partial charge in [-0.1, -0.05) is 12.1 Å². The number of hydrogen-bond donors (Lipinski definition) is 1. The highest BCUT2D eigenvalue weighted by molar-refractivity contribution is 14.0. The Morgan fingerprint density at radius 1 is 1.48 bits per heavy atom. The van der Waals surface area contributed by atoms with E-state index < -0.39 is 0 Å². The van der Waals surface area contributed by atoms with Crippen molar-refractivity contribution in [1.82, 2.24) is 25.0 Å². The Hall–Kier alpha value is -1.68. The van der Waals surface area contributed by atoms with Gasteiger partial charge in [0.1, 0.15) is 12.7 Å². The molecule has 0 spiro atoms. The molecule has 25 heavy (non-hydrogen) atoms. The zero-order valence-corrected chi connectivity index (χ0v) is 17.0. The lowest BCUT2D eigenvalue weighted by Gasteiger charge is -2.24. The minimum atomic E-state index is 0. The van der Waals surface area contributed by atoms with Gasteiger partial charge in [-0.2, -0.15) is 5.10 Å². The van der Waals surface area contributed by atoms with E-state index in [2.05, 4.69) is 44.5 Å². The summed E-state index contributed by atoms with van der Waals surface area (Å²) in [6.45, 7) is 3.39. The second kappa shape index (κ2) is 9.71. The molecule has 1 saturated heterocycles. The highest BCUT2D eigenvalue weighted by atomic mass is 127. The molecular formula is C17H25IN6O. The van der Waals surface area contributed by atoms with Crippen LogP contribution in [0.5, 0.6) is 0 Å². The predicted molar refractivity (Wildman–Crippen MR) is 109 cm³/mol. The maximum absolute atomic E-state index is 5.45. The van der Waals surface area contributed by atoms with Gasteiger partial charge >= 0.3 is 0 Å². The molecule has 0 bridgehead atoms. The van der Waals surface area contributed by atoms with Crippen LogP contribution in [0.15, 0.2) is 41.9 Å². The standard InChI is InChI=1S/C17H24N6O.HI/c1-18-17(22(2)10-15-6-7-24-11-15)20-9-14-4-3-5-16(8-14)23-13-19-12-21-23;/h3-5,8,12-13,15H,6-7,9-11H2,1-2H3,(H,18,20);1H. The maximum Gasteiger partial charge on any atom is 0.193 e. The molecule has 1 aromatic heterocycles. The average Bonchev–Trinajstić information content (AvgIpc) is 3.29. The molecule has 1 unspecified atom stereocenters. The fourth-order valence-electron chi connectivity index (χ4n) is 2.92. The van der Waals surface area contributed by atoms with Gasteiger partial charge in [0.25, 0.3) is 0 Å². The molecule has 2 heterocycles. The first-order chi connectivity index (χ1) is 11.8. The number of rotatable bonds is 5. The van der Waals surface area contributed by atoms with Gasteiger partial charge in [0, 0.05) is 39.7 Å². The van der Waals surface area contributed by atoms with Crippen LogP contribution in [0.25, 0.3) is 5.69 Å². The fourth-order valence-corrected chi connectivity index (χ4v) is 2.92. The minimum Gasteiger partial charge on any atom is -0.381 e. The molecule has 3 rings (SSSR count). The Balaban J connectivity index is 0.00000225. The van der Waals surface area contributed by atoms with E-state index in [0.29, 0.717) is 12.5 Å². The molecule has 1 fully saturated rings. The van der Waals surface area contributed by atoms with Crippen molar-refractivity contribution < 1.29 is 4.74 Å².